The molecule has 1 aromatic carbocycles. The lowest BCUT2D eigenvalue weighted by molar-refractivity contribution is 0.0962. The molecule has 1 atom stereocenters. The first-order chi connectivity index (χ1) is 13.1. The SMILES string of the molecule is Cc1nn2c3c(cnc2c1-c1ccc(F)cc1)C(=O)CC(c1cccs1)C3. The summed E-state index contributed by atoms with van der Waals surface area (Å²) in [7, 11) is 0. The van der Waals surface area contributed by atoms with E-state index in [-0.39, 0.29) is 17.5 Å². The molecule has 0 saturated carbocycles. The van der Waals surface area contributed by atoms with Crippen molar-refractivity contribution < 1.29 is 9.18 Å². The number of hydrogen-bond donors (Lipinski definition) is 0. The third-order valence-corrected chi connectivity index (χ3v) is 6.20. The van der Waals surface area contributed by atoms with Crippen molar-refractivity contribution in [2.45, 2.75) is 25.7 Å². The van der Waals surface area contributed by atoms with Gasteiger partial charge in [-0.15, -0.1) is 11.3 Å². The third-order valence-electron chi connectivity index (χ3n) is 5.17. The summed E-state index contributed by atoms with van der Waals surface area (Å²) in [5.41, 5.74) is 4.83. The maximum absolute atomic E-state index is 13.3. The number of rotatable bonds is 2. The van der Waals surface area contributed by atoms with Gasteiger partial charge in [0.1, 0.15) is 5.82 Å². The fraction of sp³-hybridized carbons (Fsp3) is 0.190. The average Bonchev–Trinajstić information content (AvgIpc) is 3.30. The zero-order valence-electron chi connectivity index (χ0n) is 14.6. The maximum atomic E-state index is 13.3. The Morgan fingerprint density at radius 2 is 2.00 bits per heavy atom. The topological polar surface area (TPSA) is 47.3 Å². The van der Waals surface area contributed by atoms with E-state index in [4.69, 9.17) is 0 Å². The van der Waals surface area contributed by atoms with E-state index in [1.165, 1.54) is 17.0 Å². The van der Waals surface area contributed by atoms with Gasteiger partial charge in [-0.2, -0.15) is 5.10 Å². The predicted molar refractivity (Wildman–Crippen MR) is 103 cm³/mol. The highest BCUT2D eigenvalue weighted by Gasteiger charge is 2.30. The molecule has 1 unspecified atom stereocenters. The van der Waals surface area contributed by atoms with E-state index in [0.717, 1.165) is 28.9 Å². The van der Waals surface area contributed by atoms with Gasteiger partial charge >= 0.3 is 0 Å². The van der Waals surface area contributed by atoms with Crippen molar-refractivity contribution in [2.24, 2.45) is 0 Å². The first-order valence-electron chi connectivity index (χ1n) is 8.81. The van der Waals surface area contributed by atoms with Gasteiger partial charge < -0.3 is 0 Å². The molecule has 0 aliphatic heterocycles. The number of carbonyl (C=O) groups is 1. The highest BCUT2D eigenvalue weighted by molar-refractivity contribution is 7.10. The molecule has 3 aromatic heterocycles. The minimum atomic E-state index is -0.275. The molecule has 6 heteroatoms. The number of benzene rings is 1. The third kappa shape index (κ3) is 2.59. The average molecular weight is 377 g/mol. The second-order valence-corrected chi connectivity index (χ2v) is 7.84. The Bertz CT molecular complexity index is 1160. The van der Waals surface area contributed by atoms with Gasteiger partial charge in [0.05, 0.1) is 17.0 Å². The van der Waals surface area contributed by atoms with Gasteiger partial charge in [0.2, 0.25) is 0 Å². The monoisotopic (exact) mass is 377 g/mol. The number of carbonyl (C=O) groups excluding carboxylic acids is 1. The van der Waals surface area contributed by atoms with Crippen molar-refractivity contribution in [3.8, 4) is 11.1 Å². The van der Waals surface area contributed by atoms with Crippen molar-refractivity contribution in [2.75, 3.05) is 0 Å². The van der Waals surface area contributed by atoms with Crippen LogP contribution in [0.25, 0.3) is 16.8 Å². The van der Waals surface area contributed by atoms with Crippen LogP contribution in [-0.4, -0.2) is 20.4 Å². The molecule has 0 fully saturated rings. The molecule has 0 radical (unpaired) electrons. The van der Waals surface area contributed by atoms with Crippen LogP contribution in [0.5, 0.6) is 0 Å². The summed E-state index contributed by atoms with van der Waals surface area (Å²) < 4.78 is 15.1. The van der Waals surface area contributed by atoms with Crippen molar-refractivity contribution in [3.05, 3.63) is 75.6 Å². The molecule has 5 rings (SSSR count). The van der Waals surface area contributed by atoms with Crippen LogP contribution in [0.3, 0.4) is 0 Å². The standard InChI is InChI=1S/C21H16FN3OS/c1-12-20(13-4-6-15(22)7-5-13)21-23-11-16-17(25(21)24-12)9-14(10-18(16)26)19-3-2-8-27-19/h2-8,11,14H,9-10H2,1H3. The fourth-order valence-electron chi connectivity index (χ4n) is 3.88. The number of aromatic nitrogens is 3. The summed E-state index contributed by atoms with van der Waals surface area (Å²) in [6.45, 7) is 1.92. The Morgan fingerprint density at radius 1 is 1.19 bits per heavy atom. The lowest BCUT2D eigenvalue weighted by Crippen LogP contribution is -2.22. The molecular weight excluding hydrogens is 361 g/mol. The van der Waals surface area contributed by atoms with Gasteiger partial charge in [0.25, 0.3) is 0 Å². The highest BCUT2D eigenvalue weighted by Crippen LogP contribution is 2.36. The summed E-state index contributed by atoms with van der Waals surface area (Å²) in [6.07, 6.45) is 2.93. The van der Waals surface area contributed by atoms with Gasteiger partial charge in [-0.1, -0.05) is 18.2 Å². The molecule has 0 saturated heterocycles. The van der Waals surface area contributed by atoms with Crippen LogP contribution in [0.2, 0.25) is 0 Å². The molecular formula is C21H16FN3OS. The number of hydrogen-bond acceptors (Lipinski definition) is 4. The Morgan fingerprint density at radius 3 is 2.74 bits per heavy atom. The molecule has 1 aliphatic rings. The van der Waals surface area contributed by atoms with Crippen LogP contribution in [0.4, 0.5) is 4.39 Å². The number of aryl methyl sites for hydroxylation is 1. The number of nitrogens with zero attached hydrogens (tertiary/aromatic N) is 3. The lowest BCUT2D eigenvalue weighted by Gasteiger charge is -2.23. The predicted octanol–water partition coefficient (Wildman–Crippen LogP) is 4.82. The zero-order valence-corrected chi connectivity index (χ0v) is 15.5. The Balaban J connectivity index is 1.69. The van der Waals surface area contributed by atoms with E-state index in [0.29, 0.717) is 17.6 Å². The van der Waals surface area contributed by atoms with Crippen LogP contribution < -0.4 is 0 Å². The first kappa shape index (κ1) is 16.3. The molecule has 4 nitrogen and oxygen atoms in total. The van der Waals surface area contributed by atoms with Crippen LogP contribution >= 0.6 is 11.3 Å². The second kappa shape index (κ2) is 6.09. The molecule has 3 heterocycles. The van der Waals surface area contributed by atoms with Crippen LogP contribution in [0.1, 0.15) is 39.0 Å². The zero-order chi connectivity index (χ0) is 18.5. The quantitative estimate of drug-likeness (QED) is 0.503. The van der Waals surface area contributed by atoms with Gasteiger partial charge in [-0.3, -0.25) is 4.79 Å². The molecule has 0 amide bonds. The Labute approximate surface area is 159 Å². The second-order valence-electron chi connectivity index (χ2n) is 6.87. The molecule has 27 heavy (non-hydrogen) atoms. The summed E-state index contributed by atoms with van der Waals surface area (Å²) in [5, 5.41) is 6.73. The van der Waals surface area contributed by atoms with Gasteiger partial charge in [0, 0.05) is 29.0 Å². The lowest BCUT2D eigenvalue weighted by atomic mass is 9.85. The van der Waals surface area contributed by atoms with E-state index in [1.807, 2.05) is 18.4 Å². The maximum Gasteiger partial charge on any atom is 0.166 e. The van der Waals surface area contributed by atoms with E-state index in [9.17, 15) is 9.18 Å². The van der Waals surface area contributed by atoms with Gasteiger partial charge in [-0.05, 0) is 42.5 Å². The Hall–Kier alpha value is -2.86. The molecule has 134 valence electrons. The molecule has 0 spiro atoms. The normalized spacial score (nSPS) is 16.7. The summed E-state index contributed by atoms with van der Waals surface area (Å²) in [6, 6.07) is 10.5. The van der Waals surface area contributed by atoms with Crippen molar-refractivity contribution in [1.82, 2.24) is 14.6 Å². The summed E-state index contributed by atoms with van der Waals surface area (Å²) >= 11 is 1.69. The van der Waals surface area contributed by atoms with Gasteiger partial charge in [-0.25, -0.2) is 13.9 Å². The van der Waals surface area contributed by atoms with Crippen molar-refractivity contribution >= 4 is 22.8 Å². The molecule has 4 aromatic rings. The number of ketones is 1. The fourth-order valence-corrected chi connectivity index (χ4v) is 4.72. The molecule has 0 bridgehead atoms. The van der Waals surface area contributed by atoms with Crippen LogP contribution in [-0.2, 0) is 6.42 Å². The number of halogens is 1. The van der Waals surface area contributed by atoms with E-state index < -0.39 is 0 Å². The number of Topliss-reactive ketones (excluding diaryl/α,β-unsaturated/α-hetero) is 1. The largest absolute Gasteiger partial charge is 0.294 e. The minimum absolute atomic E-state index is 0.112. The van der Waals surface area contributed by atoms with Gasteiger partial charge in [0.15, 0.2) is 11.4 Å². The molecule has 1 aliphatic carbocycles. The van der Waals surface area contributed by atoms with E-state index in [1.54, 1.807) is 34.2 Å². The Kier molecular flexibility index (Phi) is 3.68. The highest BCUT2D eigenvalue weighted by atomic mass is 32.1. The summed E-state index contributed by atoms with van der Waals surface area (Å²) in [5.74, 6) is 0.0116. The number of fused-ring (bicyclic) bond motifs is 3. The van der Waals surface area contributed by atoms with E-state index in [2.05, 4.69) is 16.1 Å². The van der Waals surface area contributed by atoms with Crippen LogP contribution in [0.15, 0.2) is 48.0 Å². The number of thiophene rings is 1. The first-order valence-corrected chi connectivity index (χ1v) is 9.69. The van der Waals surface area contributed by atoms with Crippen molar-refractivity contribution in [3.63, 3.8) is 0 Å². The van der Waals surface area contributed by atoms with E-state index >= 15 is 0 Å². The smallest absolute Gasteiger partial charge is 0.166 e. The summed E-state index contributed by atoms with van der Waals surface area (Å²) in [4.78, 5) is 18.5. The molecule has 0 N–H and O–H groups in total. The minimum Gasteiger partial charge on any atom is -0.294 e. The van der Waals surface area contributed by atoms with Crippen LogP contribution in [0, 0.1) is 12.7 Å². The van der Waals surface area contributed by atoms with Crippen molar-refractivity contribution in [1.29, 1.82) is 0 Å².